The second kappa shape index (κ2) is 5.22. The molecular formula is C10H14FNOS. The van der Waals surface area contributed by atoms with E-state index in [0.717, 1.165) is 11.1 Å². The van der Waals surface area contributed by atoms with Gasteiger partial charge in [0.25, 0.3) is 0 Å². The van der Waals surface area contributed by atoms with Gasteiger partial charge in [-0.15, -0.1) is 0 Å². The van der Waals surface area contributed by atoms with Crippen molar-refractivity contribution in [1.29, 1.82) is 0 Å². The van der Waals surface area contributed by atoms with Gasteiger partial charge in [-0.2, -0.15) is 0 Å². The van der Waals surface area contributed by atoms with E-state index >= 15 is 0 Å². The average molecular weight is 215 g/mol. The van der Waals surface area contributed by atoms with Crippen molar-refractivity contribution in [3.05, 3.63) is 35.1 Å². The highest BCUT2D eigenvalue weighted by atomic mass is 32.2. The Kier molecular flexibility index (Phi) is 4.22. The van der Waals surface area contributed by atoms with Crippen LogP contribution in [0.5, 0.6) is 0 Å². The van der Waals surface area contributed by atoms with E-state index in [1.54, 1.807) is 6.07 Å². The van der Waals surface area contributed by atoms with Crippen molar-refractivity contribution >= 4 is 10.8 Å². The van der Waals surface area contributed by atoms with E-state index in [1.807, 2.05) is 6.92 Å². The Labute approximate surface area is 85.8 Å². The highest BCUT2D eigenvalue weighted by Crippen LogP contribution is 2.13. The van der Waals surface area contributed by atoms with E-state index in [4.69, 9.17) is 5.73 Å². The standard InChI is InChI=1S/C10H14FNOS/c1-2-14(13)7-8-3-4-10(11)5-9(8)6-12/h3-5H,2,6-7,12H2,1H3. The summed E-state index contributed by atoms with van der Waals surface area (Å²) < 4.78 is 24.1. The van der Waals surface area contributed by atoms with Crippen LogP contribution >= 0.6 is 0 Å². The molecule has 1 rings (SSSR count). The van der Waals surface area contributed by atoms with E-state index in [0.29, 0.717) is 11.5 Å². The average Bonchev–Trinajstić information content (AvgIpc) is 2.20. The lowest BCUT2D eigenvalue weighted by Crippen LogP contribution is -2.05. The van der Waals surface area contributed by atoms with Crippen LogP contribution in [0, 0.1) is 5.82 Å². The summed E-state index contributed by atoms with van der Waals surface area (Å²) in [6.07, 6.45) is 0. The first-order valence-electron chi connectivity index (χ1n) is 4.49. The first-order chi connectivity index (χ1) is 6.67. The van der Waals surface area contributed by atoms with Gasteiger partial charge in [0, 0.05) is 28.9 Å². The summed E-state index contributed by atoms with van der Waals surface area (Å²) in [5.74, 6) is 0.779. The molecule has 0 heterocycles. The molecule has 1 aromatic rings. The summed E-state index contributed by atoms with van der Waals surface area (Å²) >= 11 is 0. The van der Waals surface area contributed by atoms with Crippen LogP contribution in [0.15, 0.2) is 18.2 Å². The molecule has 0 aliphatic carbocycles. The Morgan fingerprint density at radius 3 is 2.71 bits per heavy atom. The number of hydrogen-bond donors (Lipinski definition) is 1. The van der Waals surface area contributed by atoms with Gasteiger partial charge in [-0.1, -0.05) is 13.0 Å². The fourth-order valence-electron chi connectivity index (χ4n) is 1.20. The summed E-state index contributed by atoms with van der Waals surface area (Å²) in [7, 11) is -0.874. The SMILES string of the molecule is CCS(=O)Cc1ccc(F)cc1CN. The van der Waals surface area contributed by atoms with Crippen LogP contribution in [-0.2, 0) is 23.1 Å². The van der Waals surface area contributed by atoms with Crippen molar-refractivity contribution in [1.82, 2.24) is 0 Å². The maximum atomic E-state index is 12.8. The van der Waals surface area contributed by atoms with Crippen LogP contribution in [0.1, 0.15) is 18.1 Å². The number of nitrogens with two attached hydrogens (primary N) is 1. The maximum Gasteiger partial charge on any atom is 0.123 e. The van der Waals surface area contributed by atoms with Crippen molar-refractivity contribution in [2.75, 3.05) is 5.75 Å². The van der Waals surface area contributed by atoms with Crippen molar-refractivity contribution in [2.24, 2.45) is 5.73 Å². The van der Waals surface area contributed by atoms with Gasteiger partial charge in [-0.25, -0.2) is 4.39 Å². The molecule has 0 spiro atoms. The highest BCUT2D eigenvalue weighted by molar-refractivity contribution is 7.84. The topological polar surface area (TPSA) is 43.1 Å². The third kappa shape index (κ3) is 2.89. The van der Waals surface area contributed by atoms with Gasteiger partial charge < -0.3 is 5.73 Å². The third-order valence-corrected chi connectivity index (χ3v) is 3.30. The lowest BCUT2D eigenvalue weighted by atomic mass is 10.1. The van der Waals surface area contributed by atoms with Crippen LogP contribution in [0.3, 0.4) is 0 Å². The normalized spacial score (nSPS) is 12.8. The van der Waals surface area contributed by atoms with Crippen molar-refractivity contribution in [3.63, 3.8) is 0 Å². The second-order valence-corrected chi connectivity index (χ2v) is 4.74. The Morgan fingerprint density at radius 2 is 2.14 bits per heavy atom. The minimum absolute atomic E-state index is 0.286. The summed E-state index contributed by atoms with van der Waals surface area (Å²) in [4.78, 5) is 0. The number of rotatable bonds is 4. The Morgan fingerprint density at radius 1 is 1.43 bits per heavy atom. The zero-order valence-electron chi connectivity index (χ0n) is 8.13. The van der Waals surface area contributed by atoms with Crippen LogP contribution in [0.4, 0.5) is 4.39 Å². The van der Waals surface area contributed by atoms with Crippen molar-refractivity contribution in [3.8, 4) is 0 Å². The highest BCUT2D eigenvalue weighted by Gasteiger charge is 2.05. The van der Waals surface area contributed by atoms with Gasteiger partial charge in [0.15, 0.2) is 0 Å². The number of halogens is 1. The summed E-state index contributed by atoms with van der Waals surface area (Å²) in [6, 6.07) is 4.44. The summed E-state index contributed by atoms with van der Waals surface area (Å²) in [5, 5.41) is 0. The molecule has 0 saturated heterocycles. The van der Waals surface area contributed by atoms with Gasteiger partial charge in [0.05, 0.1) is 0 Å². The molecule has 0 fully saturated rings. The lowest BCUT2D eigenvalue weighted by Gasteiger charge is -2.06. The molecule has 0 amide bonds. The van der Waals surface area contributed by atoms with Gasteiger partial charge in [-0.05, 0) is 23.3 Å². The first-order valence-corrected chi connectivity index (χ1v) is 5.98. The van der Waals surface area contributed by atoms with Crippen LogP contribution < -0.4 is 5.73 Å². The largest absolute Gasteiger partial charge is 0.326 e. The smallest absolute Gasteiger partial charge is 0.123 e. The minimum atomic E-state index is -0.874. The summed E-state index contributed by atoms with van der Waals surface area (Å²) in [5.41, 5.74) is 7.10. The Hall–Kier alpha value is -0.740. The fourth-order valence-corrected chi connectivity index (χ4v) is 2.03. The molecule has 78 valence electrons. The predicted molar refractivity (Wildman–Crippen MR) is 56.7 cm³/mol. The van der Waals surface area contributed by atoms with Crippen molar-refractivity contribution < 1.29 is 8.60 Å². The molecule has 1 unspecified atom stereocenters. The zero-order valence-corrected chi connectivity index (χ0v) is 8.94. The van der Waals surface area contributed by atoms with Crippen LogP contribution in [0.25, 0.3) is 0 Å². The minimum Gasteiger partial charge on any atom is -0.326 e. The van der Waals surface area contributed by atoms with E-state index in [2.05, 4.69) is 0 Å². The Bertz CT molecular complexity index is 341. The quantitative estimate of drug-likeness (QED) is 0.828. The van der Waals surface area contributed by atoms with Gasteiger partial charge >= 0.3 is 0 Å². The van der Waals surface area contributed by atoms with Gasteiger partial charge in [-0.3, -0.25) is 4.21 Å². The molecule has 1 aromatic carbocycles. The number of hydrogen-bond acceptors (Lipinski definition) is 2. The molecule has 0 aromatic heterocycles. The monoisotopic (exact) mass is 215 g/mol. The van der Waals surface area contributed by atoms with E-state index < -0.39 is 10.8 Å². The second-order valence-electron chi connectivity index (χ2n) is 2.99. The van der Waals surface area contributed by atoms with Crippen molar-refractivity contribution in [2.45, 2.75) is 19.2 Å². The molecule has 2 N–H and O–H groups in total. The molecule has 4 heteroatoms. The van der Waals surface area contributed by atoms with E-state index in [1.165, 1.54) is 12.1 Å². The van der Waals surface area contributed by atoms with Gasteiger partial charge in [0.2, 0.25) is 0 Å². The molecule has 0 radical (unpaired) electrons. The predicted octanol–water partition coefficient (Wildman–Crippen LogP) is 1.55. The molecule has 1 atom stereocenters. The van der Waals surface area contributed by atoms with Crippen LogP contribution in [0.2, 0.25) is 0 Å². The Balaban J connectivity index is 2.90. The maximum absolute atomic E-state index is 12.8. The molecule has 2 nitrogen and oxygen atoms in total. The molecular weight excluding hydrogens is 201 g/mol. The van der Waals surface area contributed by atoms with Crippen LogP contribution in [-0.4, -0.2) is 9.96 Å². The molecule has 14 heavy (non-hydrogen) atoms. The third-order valence-electron chi connectivity index (χ3n) is 2.03. The van der Waals surface area contributed by atoms with Gasteiger partial charge in [0.1, 0.15) is 5.82 Å². The zero-order chi connectivity index (χ0) is 10.6. The first kappa shape index (κ1) is 11.3. The lowest BCUT2D eigenvalue weighted by molar-refractivity contribution is 0.624. The summed E-state index contributed by atoms with van der Waals surface area (Å²) in [6.45, 7) is 2.15. The molecule has 0 aliphatic rings. The van der Waals surface area contributed by atoms with E-state index in [-0.39, 0.29) is 12.4 Å². The molecule has 0 bridgehead atoms. The number of benzene rings is 1. The van der Waals surface area contributed by atoms with E-state index in [9.17, 15) is 8.60 Å². The fraction of sp³-hybridized carbons (Fsp3) is 0.400. The molecule has 0 aliphatic heterocycles. The molecule has 0 saturated carbocycles.